The first kappa shape index (κ1) is 16.5. The van der Waals surface area contributed by atoms with Crippen LogP contribution in [0.5, 0.6) is 5.75 Å². The van der Waals surface area contributed by atoms with Gasteiger partial charge in [-0.2, -0.15) is 0 Å². The summed E-state index contributed by atoms with van der Waals surface area (Å²) in [6, 6.07) is 6.41. The summed E-state index contributed by atoms with van der Waals surface area (Å²) < 4.78 is 5.12. The minimum atomic E-state index is -1.03. The van der Waals surface area contributed by atoms with Crippen LogP contribution in [-0.2, 0) is 14.4 Å². The molecule has 0 heterocycles. The Bertz CT molecular complexity index is 544. The van der Waals surface area contributed by atoms with Gasteiger partial charge in [0.15, 0.2) is 6.61 Å². The molecule has 0 aliphatic carbocycles. The van der Waals surface area contributed by atoms with E-state index in [1.165, 1.54) is 13.0 Å². The van der Waals surface area contributed by atoms with Crippen LogP contribution < -0.4 is 15.8 Å². The van der Waals surface area contributed by atoms with Crippen molar-refractivity contribution in [2.24, 2.45) is 17.6 Å². The quantitative estimate of drug-likeness (QED) is 0.688. The van der Waals surface area contributed by atoms with Crippen molar-refractivity contribution in [1.29, 1.82) is 0 Å². The topological polar surface area (TPSA) is 119 Å². The van der Waals surface area contributed by atoms with E-state index in [4.69, 9.17) is 15.6 Å². The van der Waals surface area contributed by atoms with Gasteiger partial charge in [-0.3, -0.25) is 14.4 Å². The van der Waals surface area contributed by atoms with Crippen LogP contribution >= 0.6 is 0 Å². The van der Waals surface area contributed by atoms with Crippen LogP contribution in [0, 0.1) is 11.8 Å². The summed E-state index contributed by atoms with van der Waals surface area (Å²) in [4.78, 5) is 33.4. The van der Waals surface area contributed by atoms with Gasteiger partial charge in [0.25, 0.3) is 5.91 Å². The van der Waals surface area contributed by atoms with Gasteiger partial charge in [0, 0.05) is 17.7 Å². The normalized spacial score (nSPS) is 13.0. The highest BCUT2D eigenvalue weighted by molar-refractivity contribution is 5.94. The van der Waals surface area contributed by atoms with Gasteiger partial charge in [-0.1, -0.05) is 19.9 Å². The minimum absolute atomic E-state index is 0.260. The van der Waals surface area contributed by atoms with Gasteiger partial charge in [0.05, 0.1) is 5.92 Å². The predicted octanol–water partition coefficient (Wildman–Crippen LogP) is 0.846. The molecule has 0 saturated heterocycles. The van der Waals surface area contributed by atoms with E-state index in [-0.39, 0.29) is 6.61 Å². The lowest BCUT2D eigenvalue weighted by molar-refractivity contribution is -0.145. The number of aliphatic carboxylic acids is 1. The molecule has 0 aliphatic rings. The molecular formula is C14H18N2O5. The van der Waals surface area contributed by atoms with E-state index in [1.807, 2.05) is 0 Å². The molecule has 0 aromatic heterocycles. The Morgan fingerprint density at radius 3 is 2.52 bits per heavy atom. The van der Waals surface area contributed by atoms with Crippen LogP contribution in [0.2, 0.25) is 0 Å². The summed E-state index contributed by atoms with van der Waals surface area (Å²) in [5.41, 5.74) is 5.42. The molecule has 2 atom stereocenters. The number of hydrogen-bond acceptors (Lipinski definition) is 4. The van der Waals surface area contributed by atoms with Gasteiger partial charge in [0.1, 0.15) is 5.75 Å². The first-order chi connectivity index (χ1) is 9.81. The largest absolute Gasteiger partial charge is 0.484 e. The van der Waals surface area contributed by atoms with Crippen molar-refractivity contribution in [2.45, 2.75) is 13.8 Å². The van der Waals surface area contributed by atoms with Crippen molar-refractivity contribution < 1.29 is 24.2 Å². The van der Waals surface area contributed by atoms with E-state index in [9.17, 15) is 14.4 Å². The molecule has 2 amide bonds. The van der Waals surface area contributed by atoms with E-state index < -0.39 is 29.6 Å². The van der Waals surface area contributed by atoms with Crippen molar-refractivity contribution in [1.82, 2.24) is 0 Å². The Hall–Kier alpha value is -2.57. The summed E-state index contributed by atoms with van der Waals surface area (Å²) in [5, 5.41) is 11.5. The zero-order chi connectivity index (χ0) is 16.0. The third-order valence-corrected chi connectivity index (χ3v) is 3.04. The maximum atomic E-state index is 11.9. The molecule has 1 rings (SSSR count). The Balaban J connectivity index is 2.70. The van der Waals surface area contributed by atoms with Gasteiger partial charge < -0.3 is 20.9 Å². The van der Waals surface area contributed by atoms with Gasteiger partial charge in [-0.15, -0.1) is 0 Å². The lowest BCUT2D eigenvalue weighted by Gasteiger charge is -2.16. The summed E-state index contributed by atoms with van der Waals surface area (Å²) >= 11 is 0. The fraction of sp³-hybridized carbons (Fsp3) is 0.357. The fourth-order valence-electron chi connectivity index (χ4n) is 1.52. The molecule has 114 valence electrons. The Morgan fingerprint density at radius 1 is 1.29 bits per heavy atom. The number of carboxylic acids is 1. The number of benzene rings is 1. The molecule has 7 nitrogen and oxygen atoms in total. The van der Waals surface area contributed by atoms with Gasteiger partial charge in [0.2, 0.25) is 5.91 Å². The molecule has 0 radical (unpaired) electrons. The van der Waals surface area contributed by atoms with E-state index in [0.717, 1.165) is 0 Å². The number of rotatable bonds is 7. The summed E-state index contributed by atoms with van der Waals surface area (Å²) in [5.74, 6) is -3.14. The zero-order valence-electron chi connectivity index (χ0n) is 11.8. The van der Waals surface area contributed by atoms with Crippen molar-refractivity contribution in [3.63, 3.8) is 0 Å². The van der Waals surface area contributed by atoms with Gasteiger partial charge >= 0.3 is 5.97 Å². The van der Waals surface area contributed by atoms with E-state index >= 15 is 0 Å². The van der Waals surface area contributed by atoms with Crippen LogP contribution in [0.25, 0.3) is 0 Å². The predicted molar refractivity (Wildman–Crippen MR) is 75.7 cm³/mol. The van der Waals surface area contributed by atoms with Crippen molar-refractivity contribution in [2.75, 3.05) is 11.9 Å². The molecule has 0 aliphatic heterocycles. The maximum Gasteiger partial charge on any atom is 0.307 e. The molecule has 0 fully saturated rings. The number of hydrogen-bond donors (Lipinski definition) is 3. The monoisotopic (exact) mass is 294 g/mol. The fourth-order valence-corrected chi connectivity index (χ4v) is 1.52. The SMILES string of the molecule is CC(C(=O)O)C(C)C(=O)Nc1cccc(OCC(N)=O)c1. The first-order valence-electron chi connectivity index (χ1n) is 6.36. The second-order valence-electron chi connectivity index (χ2n) is 4.69. The average molecular weight is 294 g/mol. The number of carboxylic acid groups (broad SMARTS) is 1. The number of primary amides is 1. The third kappa shape index (κ3) is 5.13. The molecule has 0 spiro atoms. The van der Waals surface area contributed by atoms with E-state index in [1.54, 1.807) is 25.1 Å². The highest BCUT2D eigenvalue weighted by atomic mass is 16.5. The second kappa shape index (κ2) is 7.28. The summed E-state index contributed by atoms with van der Waals surface area (Å²) in [6.07, 6.45) is 0. The number of carbonyl (C=O) groups is 3. The third-order valence-electron chi connectivity index (χ3n) is 3.04. The average Bonchev–Trinajstić information content (AvgIpc) is 2.43. The molecule has 1 aromatic rings. The Labute approximate surface area is 122 Å². The maximum absolute atomic E-state index is 11.9. The molecular weight excluding hydrogens is 276 g/mol. The van der Waals surface area contributed by atoms with E-state index in [0.29, 0.717) is 11.4 Å². The smallest absolute Gasteiger partial charge is 0.307 e. The number of amides is 2. The minimum Gasteiger partial charge on any atom is -0.484 e. The molecule has 4 N–H and O–H groups in total. The lowest BCUT2D eigenvalue weighted by Crippen LogP contribution is -2.29. The van der Waals surface area contributed by atoms with Crippen LogP contribution in [0.4, 0.5) is 5.69 Å². The van der Waals surface area contributed by atoms with Crippen LogP contribution in [0.15, 0.2) is 24.3 Å². The second-order valence-corrected chi connectivity index (χ2v) is 4.69. The van der Waals surface area contributed by atoms with Crippen LogP contribution in [0.3, 0.4) is 0 Å². The molecule has 7 heteroatoms. The number of nitrogens with one attached hydrogen (secondary N) is 1. The number of anilines is 1. The first-order valence-corrected chi connectivity index (χ1v) is 6.36. The lowest BCUT2D eigenvalue weighted by atomic mass is 9.95. The van der Waals surface area contributed by atoms with Gasteiger partial charge in [-0.05, 0) is 12.1 Å². The Kier molecular flexibility index (Phi) is 5.71. The number of carbonyl (C=O) groups excluding carboxylic acids is 2. The highest BCUT2D eigenvalue weighted by Gasteiger charge is 2.25. The van der Waals surface area contributed by atoms with Crippen molar-refractivity contribution in [3.8, 4) is 5.75 Å². The molecule has 2 unspecified atom stereocenters. The van der Waals surface area contributed by atoms with Crippen molar-refractivity contribution in [3.05, 3.63) is 24.3 Å². The zero-order valence-corrected chi connectivity index (χ0v) is 11.8. The number of ether oxygens (including phenoxy) is 1. The molecule has 21 heavy (non-hydrogen) atoms. The summed E-state index contributed by atoms with van der Waals surface area (Å²) in [6.45, 7) is 2.75. The summed E-state index contributed by atoms with van der Waals surface area (Å²) in [7, 11) is 0. The standard InChI is InChI=1S/C14H18N2O5/c1-8(9(2)14(19)20)13(18)16-10-4-3-5-11(6-10)21-7-12(15)17/h3-6,8-9H,7H2,1-2H3,(H2,15,17)(H,16,18)(H,19,20). The molecule has 0 saturated carbocycles. The molecule has 1 aromatic carbocycles. The Morgan fingerprint density at radius 2 is 1.95 bits per heavy atom. The number of nitrogens with two attached hydrogens (primary N) is 1. The highest BCUT2D eigenvalue weighted by Crippen LogP contribution is 2.19. The van der Waals surface area contributed by atoms with Gasteiger partial charge in [-0.25, -0.2) is 0 Å². The van der Waals surface area contributed by atoms with Crippen LogP contribution in [-0.4, -0.2) is 29.5 Å². The van der Waals surface area contributed by atoms with Crippen LogP contribution in [0.1, 0.15) is 13.8 Å². The molecule has 0 bridgehead atoms. The van der Waals surface area contributed by atoms with Crippen molar-refractivity contribution >= 4 is 23.5 Å². The van der Waals surface area contributed by atoms with E-state index in [2.05, 4.69) is 5.32 Å².